The topological polar surface area (TPSA) is 17.1 Å². The van der Waals surface area contributed by atoms with E-state index >= 15 is 0 Å². The number of benzene rings is 2. The van der Waals surface area contributed by atoms with Crippen molar-refractivity contribution in [1.29, 1.82) is 0 Å². The Kier molecular flexibility index (Phi) is 6.21. The first-order valence-corrected chi connectivity index (χ1v) is 7.91. The van der Waals surface area contributed by atoms with Crippen LogP contribution in [0, 0.1) is 0 Å². The second kappa shape index (κ2) is 8.41. The fourth-order valence-electron chi connectivity index (χ4n) is 2.47. The predicted octanol–water partition coefficient (Wildman–Crippen LogP) is 4.77. The van der Waals surface area contributed by atoms with E-state index in [1.807, 2.05) is 6.92 Å². The van der Waals surface area contributed by atoms with E-state index in [4.69, 9.17) is 0 Å². The van der Waals surface area contributed by atoms with Crippen molar-refractivity contribution < 1.29 is 4.79 Å². The molecule has 0 aromatic heterocycles. The molecule has 2 aromatic carbocycles. The molecule has 0 aliphatic heterocycles. The standard InChI is InChI=1S/C20H24O/c1-2-20(21)16-15-19-13-11-18(12-14-19)10-6-9-17-7-4-3-5-8-17/h3-5,7-8,11-14H,2,6,9-10,15-16H2,1H3. The molecule has 0 spiro atoms. The zero-order valence-electron chi connectivity index (χ0n) is 12.8. The van der Waals surface area contributed by atoms with Crippen LogP contribution < -0.4 is 0 Å². The van der Waals surface area contributed by atoms with Gasteiger partial charge in [0.25, 0.3) is 0 Å². The molecule has 0 radical (unpaired) electrons. The van der Waals surface area contributed by atoms with Crippen LogP contribution in [0.3, 0.4) is 0 Å². The summed E-state index contributed by atoms with van der Waals surface area (Å²) in [4.78, 5) is 11.3. The van der Waals surface area contributed by atoms with Crippen LogP contribution in [0.5, 0.6) is 0 Å². The maximum absolute atomic E-state index is 11.3. The maximum Gasteiger partial charge on any atom is 0.132 e. The van der Waals surface area contributed by atoms with Crippen LogP contribution in [0.4, 0.5) is 0 Å². The van der Waals surface area contributed by atoms with Crippen LogP contribution in [0.25, 0.3) is 0 Å². The Morgan fingerprint density at radius 3 is 1.86 bits per heavy atom. The number of Topliss-reactive ketones (excluding diaryl/α,β-unsaturated/α-hetero) is 1. The van der Waals surface area contributed by atoms with Crippen molar-refractivity contribution in [3.63, 3.8) is 0 Å². The third kappa shape index (κ3) is 5.55. The van der Waals surface area contributed by atoms with E-state index in [1.54, 1.807) is 0 Å². The van der Waals surface area contributed by atoms with Crippen LogP contribution in [-0.2, 0) is 24.1 Å². The average molecular weight is 280 g/mol. The van der Waals surface area contributed by atoms with Crippen LogP contribution in [0.2, 0.25) is 0 Å². The maximum atomic E-state index is 11.3. The molecule has 0 saturated carbocycles. The lowest BCUT2D eigenvalue weighted by molar-refractivity contribution is -0.118. The predicted molar refractivity (Wildman–Crippen MR) is 88.5 cm³/mol. The van der Waals surface area contributed by atoms with Gasteiger partial charge in [-0.3, -0.25) is 4.79 Å². The lowest BCUT2D eigenvalue weighted by Crippen LogP contribution is -1.98. The number of ketones is 1. The molecule has 0 amide bonds. The fourth-order valence-corrected chi connectivity index (χ4v) is 2.47. The summed E-state index contributed by atoms with van der Waals surface area (Å²) in [6.45, 7) is 1.93. The van der Waals surface area contributed by atoms with Gasteiger partial charge in [-0.1, -0.05) is 61.5 Å². The van der Waals surface area contributed by atoms with Crippen molar-refractivity contribution in [2.24, 2.45) is 0 Å². The molecule has 0 aliphatic rings. The van der Waals surface area contributed by atoms with Gasteiger partial charge in [0.2, 0.25) is 0 Å². The van der Waals surface area contributed by atoms with E-state index in [9.17, 15) is 4.79 Å². The highest BCUT2D eigenvalue weighted by Crippen LogP contribution is 2.11. The monoisotopic (exact) mass is 280 g/mol. The summed E-state index contributed by atoms with van der Waals surface area (Å²) in [6.07, 6.45) is 5.62. The highest BCUT2D eigenvalue weighted by Gasteiger charge is 2.00. The second-order valence-electron chi connectivity index (χ2n) is 5.55. The van der Waals surface area contributed by atoms with Gasteiger partial charge in [0.15, 0.2) is 0 Å². The highest BCUT2D eigenvalue weighted by molar-refractivity contribution is 5.78. The van der Waals surface area contributed by atoms with Crippen molar-refractivity contribution >= 4 is 5.78 Å². The molecule has 1 nitrogen and oxygen atoms in total. The molecule has 0 bridgehead atoms. The van der Waals surface area contributed by atoms with Crippen LogP contribution in [0.1, 0.15) is 42.9 Å². The highest BCUT2D eigenvalue weighted by atomic mass is 16.1. The second-order valence-corrected chi connectivity index (χ2v) is 5.55. The molecule has 0 fully saturated rings. The van der Waals surface area contributed by atoms with Crippen molar-refractivity contribution in [1.82, 2.24) is 0 Å². The summed E-state index contributed by atoms with van der Waals surface area (Å²) in [5.41, 5.74) is 4.06. The Balaban J connectivity index is 1.76. The van der Waals surface area contributed by atoms with Crippen LogP contribution in [0.15, 0.2) is 54.6 Å². The number of carbonyl (C=O) groups is 1. The van der Waals surface area contributed by atoms with E-state index < -0.39 is 0 Å². The summed E-state index contributed by atoms with van der Waals surface area (Å²) in [5, 5.41) is 0. The molecule has 2 rings (SSSR count). The summed E-state index contributed by atoms with van der Waals surface area (Å²) >= 11 is 0. The molecular weight excluding hydrogens is 256 g/mol. The number of hydrogen-bond donors (Lipinski definition) is 0. The zero-order valence-corrected chi connectivity index (χ0v) is 12.8. The normalized spacial score (nSPS) is 10.5. The summed E-state index contributed by atoms with van der Waals surface area (Å²) < 4.78 is 0. The minimum absolute atomic E-state index is 0.349. The summed E-state index contributed by atoms with van der Waals surface area (Å²) in [5.74, 6) is 0.349. The summed E-state index contributed by atoms with van der Waals surface area (Å²) in [6, 6.07) is 19.4. The Morgan fingerprint density at radius 2 is 1.29 bits per heavy atom. The van der Waals surface area contributed by atoms with Crippen molar-refractivity contribution in [3.05, 3.63) is 71.3 Å². The first-order chi connectivity index (χ1) is 10.3. The van der Waals surface area contributed by atoms with Crippen LogP contribution in [-0.4, -0.2) is 5.78 Å². The van der Waals surface area contributed by atoms with Gasteiger partial charge in [-0.2, -0.15) is 0 Å². The van der Waals surface area contributed by atoms with Gasteiger partial charge in [0, 0.05) is 12.8 Å². The van der Waals surface area contributed by atoms with Crippen molar-refractivity contribution in [2.45, 2.75) is 45.4 Å². The first-order valence-electron chi connectivity index (χ1n) is 7.91. The Labute approximate surface area is 128 Å². The molecule has 0 saturated heterocycles. The quantitative estimate of drug-likeness (QED) is 0.680. The van der Waals surface area contributed by atoms with Gasteiger partial charge < -0.3 is 0 Å². The van der Waals surface area contributed by atoms with Gasteiger partial charge in [0.1, 0.15) is 5.78 Å². The molecule has 0 heterocycles. The van der Waals surface area contributed by atoms with Gasteiger partial charge in [-0.05, 0) is 42.4 Å². The van der Waals surface area contributed by atoms with Crippen molar-refractivity contribution in [3.8, 4) is 0 Å². The van der Waals surface area contributed by atoms with Gasteiger partial charge in [-0.15, -0.1) is 0 Å². The Bertz CT molecular complexity index is 540. The van der Waals surface area contributed by atoms with E-state index in [-0.39, 0.29) is 0 Å². The molecule has 0 unspecified atom stereocenters. The number of carbonyl (C=O) groups excluding carboxylic acids is 1. The lowest BCUT2D eigenvalue weighted by atomic mass is 10.0. The fraction of sp³-hybridized carbons (Fsp3) is 0.350. The molecular formula is C20H24O. The number of rotatable bonds is 8. The largest absolute Gasteiger partial charge is 0.300 e. The smallest absolute Gasteiger partial charge is 0.132 e. The minimum Gasteiger partial charge on any atom is -0.300 e. The summed E-state index contributed by atoms with van der Waals surface area (Å²) in [7, 11) is 0. The van der Waals surface area contributed by atoms with E-state index in [2.05, 4.69) is 54.6 Å². The zero-order chi connectivity index (χ0) is 14.9. The molecule has 0 atom stereocenters. The molecule has 0 aliphatic carbocycles. The first kappa shape index (κ1) is 15.5. The van der Waals surface area contributed by atoms with E-state index in [1.165, 1.54) is 23.1 Å². The third-order valence-electron chi connectivity index (χ3n) is 3.88. The number of aryl methyl sites for hydroxylation is 3. The molecule has 1 heteroatoms. The van der Waals surface area contributed by atoms with Gasteiger partial charge >= 0.3 is 0 Å². The lowest BCUT2D eigenvalue weighted by Gasteiger charge is -2.05. The van der Waals surface area contributed by atoms with Gasteiger partial charge in [0.05, 0.1) is 0 Å². The Morgan fingerprint density at radius 1 is 0.762 bits per heavy atom. The average Bonchev–Trinajstić information content (AvgIpc) is 2.55. The van der Waals surface area contributed by atoms with E-state index in [0.29, 0.717) is 18.6 Å². The van der Waals surface area contributed by atoms with E-state index in [0.717, 1.165) is 19.3 Å². The SMILES string of the molecule is CCC(=O)CCc1ccc(CCCc2ccccc2)cc1. The Hall–Kier alpha value is -1.89. The minimum atomic E-state index is 0.349. The third-order valence-corrected chi connectivity index (χ3v) is 3.88. The molecule has 2 aromatic rings. The molecule has 0 N–H and O–H groups in total. The van der Waals surface area contributed by atoms with Crippen molar-refractivity contribution in [2.75, 3.05) is 0 Å². The van der Waals surface area contributed by atoms with Crippen LogP contribution >= 0.6 is 0 Å². The molecule has 110 valence electrons. The van der Waals surface area contributed by atoms with Gasteiger partial charge in [-0.25, -0.2) is 0 Å². The number of hydrogen-bond acceptors (Lipinski definition) is 1. The molecule has 21 heavy (non-hydrogen) atoms.